The summed E-state index contributed by atoms with van der Waals surface area (Å²) in [6, 6.07) is 2.39. The Morgan fingerprint density at radius 3 is 2.86 bits per heavy atom. The lowest BCUT2D eigenvalue weighted by Gasteiger charge is -2.03. The lowest BCUT2D eigenvalue weighted by molar-refractivity contribution is -0.385. The molecule has 6 heteroatoms. The summed E-state index contributed by atoms with van der Waals surface area (Å²) in [6.45, 7) is 1.42. The summed E-state index contributed by atoms with van der Waals surface area (Å²) in [6.07, 6.45) is 1.23. The molecule has 1 unspecified atom stereocenters. The first-order valence-electron chi connectivity index (χ1n) is 3.85. The van der Waals surface area contributed by atoms with Gasteiger partial charge in [-0.05, 0) is 6.92 Å². The maximum atomic E-state index is 10.6. The molecule has 0 amide bonds. The third-order valence-corrected chi connectivity index (χ3v) is 1.79. The van der Waals surface area contributed by atoms with Crippen molar-refractivity contribution in [3.8, 4) is 0 Å². The summed E-state index contributed by atoms with van der Waals surface area (Å²) in [4.78, 5) is 24.1. The number of nitro groups is 1. The van der Waals surface area contributed by atoms with Crippen LogP contribution in [-0.4, -0.2) is 21.0 Å². The monoisotopic (exact) mass is 196 g/mol. The van der Waals surface area contributed by atoms with Crippen LogP contribution in [0.15, 0.2) is 18.3 Å². The summed E-state index contributed by atoms with van der Waals surface area (Å²) in [5, 5.41) is 19.0. The first-order valence-corrected chi connectivity index (χ1v) is 3.85. The first kappa shape index (κ1) is 10.1. The van der Waals surface area contributed by atoms with Crippen molar-refractivity contribution in [1.29, 1.82) is 0 Å². The molecule has 1 heterocycles. The highest BCUT2D eigenvalue weighted by Crippen LogP contribution is 2.17. The minimum atomic E-state index is -1.06. The molecule has 0 radical (unpaired) electrons. The minimum Gasteiger partial charge on any atom is -0.481 e. The summed E-state index contributed by atoms with van der Waals surface area (Å²) in [5.74, 6) is -1.90. The summed E-state index contributed by atoms with van der Waals surface area (Å²) < 4.78 is 0. The van der Waals surface area contributed by atoms with Crippen LogP contribution in [0.25, 0.3) is 0 Å². The number of carboxylic acid groups (broad SMARTS) is 1. The fourth-order valence-electron chi connectivity index (χ4n) is 0.913. The molecule has 6 nitrogen and oxygen atoms in total. The fraction of sp³-hybridized carbons (Fsp3) is 0.250. The standard InChI is InChI=1S/C8H8N2O4/c1-5(8(11)12)7-4-6(10(13)14)2-3-9-7/h2-5H,1H3,(H,11,12). The second-order valence-corrected chi connectivity index (χ2v) is 2.76. The molecular weight excluding hydrogens is 188 g/mol. The van der Waals surface area contributed by atoms with Crippen LogP contribution in [0.1, 0.15) is 18.5 Å². The van der Waals surface area contributed by atoms with Gasteiger partial charge in [0.05, 0.1) is 16.5 Å². The van der Waals surface area contributed by atoms with Crippen molar-refractivity contribution >= 4 is 11.7 Å². The molecule has 0 aromatic carbocycles. The fourth-order valence-corrected chi connectivity index (χ4v) is 0.913. The molecular formula is C8H8N2O4. The van der Waals surface area contributed by atoms with Gasteiger partial charge in [-0.25, -0.2) is 0 Å². The van der Waals surface area contributed by atoms with E-state index in [1.807, 2.05) is 0 Å². The highest BCUT2D eigenvalue weighted by atomic mass is 16.6. The Bertz CT molecular complexity index is 377. The molecule has 0 saturated heterocycles. The lowest BCUT2D eigenvalue weighted by Crippen LogP contribution is -2.09. The number of carboxylic acids is 1. The number of hydrogen-bond acceptors (Lipinski definition) is 4. The summed E-state index contributed by atoms with van der Waals surface area (Å²) in [7, 11) is 0. The SMILES string of the molecule is CC(C(=O)O)c1cc([N+](=O)[O-])ccn1. The Labute approximate surface area is 79.4 Å². The molecule has 0 aliphatic heterocycles. The normalized spacial score (nSPS) is 12.1. The Hall–Kier alpha value is -1.98. The van der Waals surface area contributed by atoms with Crippen LogP contribution in [-0.2, 0) is 4.79 Å². The molecule has 0 aliphatic carbocycles. The van der Waals surface area contributed by atoms with E-state index in [2.05, 4.69) is 4.98 Å². The van der Waals surface area contributed by atoms with Crippen LogP contribution < -0.4 is 0 Å². The van der Waals surface area contributed by atoms with E-state index in [1.54, 1.807) is 0 Å². The second kappa shape index (κ2) is 3.82. The topological polar surface area (TPSA) is 93.3 Å². The highest BCUT2D eigenvalue weighted by Gasteiger charge is 2.17. The molecule has 1 rings (SSSR count). The Morgan fingerprint density at radius 2 is 2.36 bits per heavy atom. The van der Waals surface area contributed by atoms with Crippen molar-refractivity contribution in [3.63, 3.8) is 0 Å². The Kier molecular flexibility index (Phi) is 2.76. The van der Waals surface area contributed by atoms with E-state index < -0.39 is 16.8 Å². The van der Waals surface area contributed by atoms with Gasteiger partial charge in [0.25, 0.3) is 5.69 Å². The molecule has 0 bridgehead atoms. The van der Waals surface area contributed by atoms with E-state index in [0.717, 1.165) is 0 Å². The van der Waals surface area contributed by atoms with Gasteiger partial charge in [-0.2, -0.15) is 0 Å². The summed E-state index contributed by atoms with van der Waals surface area (Å²) in [5.41, 5.74) is 0.0369. The van der Waals surface area contributed by atoms with E-state index in [9.17, 15) is 14.9 Å². The first-order chi connectivity index (χ1) is 6.52. The molecule has 14 heavy (non-hydrogen) atoms. The number of aliphatic carboxylic acids is 1. The van der Waals surface area contributed by atoms with Crippen molar-refractivity contribution in [2.75, 3.05) is 0 Å². The van der Waals surface area contributed by atoms with E-state index >= 15 is 0 Å². The van der Waals surface area contributed by atoms with E-state index in [0.29, 0.717) is 0 Å². The van der Waals surface area contributed by atoms with Crippen LogP contribution in [0.5, 0.6) is 0 Å². The van der Waals surface area contributed by atoms with Gasteiger partial charge in [-0.1, -0.05) is 0 Å². The smallest absolute Gasteiger partial charge is 0.312 e. The third-order valence-electron chi connectivity index (χ3n) is 1.79. The maximum Gasteiger partial charge on any atom is 0.312 e. The predicted molar refractivity (Wildman–Crippen MR) is 46.9 cm³/mol. The molecule has 0 aliphatic rings. The molecule has 1 atom stereocenters. The van der Waals surface area contributed by atoms with Crippen molar-refractivity contribution in [3.05, 3.63) is 34.1 Å². The number of pyridine rings is 1. The van der Waals surface area contributed by atoms with Crippen LogP contribution >= 0.6 is 0 Å². The number of hydrogen-bond donors (Lipinski definition) is 1. The summed E-state index contributed by atoms with van der Waals surface area (Å²) >= 11 is 0. The molecule has 74 valence electrons. The van der Waals surface area contributed by atoms with Gasteiger partial charge in [0.1, 0.15) is 0 Å². The number of nitrogens with zero attached hydrogens (tertiary/aromatic N) is 2. The van der Waals surface area contributed by atoms with Gasteiger partial charge in [0.15, 0.2) is 0 Å². The highest BCUT2D eigenvalue weighted by molar-refractivity contribution is 5.75. The molecule has 0 fully saturated rings. The van der Waals surface area contributed by atoms with Gasteiger partial charge >= 0.3 is 5.97 Å². The van der Waals surface area contributed by atoms with E-state index in [4.69, 9.17) is 5.11 Å². The zero-order valence-corrected chi connectivity index (χ0v) is 7.38. The molecule has 0 spiro atoms. The predicted octanol–water partition coefficient (Wildman–Crippen LogP) is 1.18. The second-order valence-electron chi connectivity index (χ2n) is 2.76. The van der Waals surface area contributed by atoms with Gasteiger partial charge < -0.3 is 5.11 Å². The van der Waals surface area contributed by atoms with Crippen LogP contribution in [0.3, 0.4) is 0 Å². The lowest BCUT2D eigenvalue weighted by atomic mass is 10.1. The van der Waals surface area contributed by atoms with Gasteiger partial charge in [-0.15, -0.1) is 0 Å². The van der Waals surface area contributed by atoms with Crippen molar-refractivity contribution in [1.82, 2.24) is 4.98 Å². The van der Waals surface area contributed by atoms with E-state index in [-0.39, 0.29) is 11.4 Å². The number of carbonyl (C=O) groups is 1. The number of rotatable bonds is 3. The van der Waals surface area contributed by atoms with Crippen LogP contribution in [0, 0.1) is 10.1 Å². The minimum absolute atomic E-state index is 0.150. The van der Waals surface area contributed by atoms with Crippen LogP contribution in [0.4, 0.5) is 5.69 Å². The average Bonchev–Trinajstić information content (AvgIpc) is 2.16. The number of aromatic nitrogens is 1. The van der Waals surface area contributed by atoms with Gasteiger partial charge in [0.2, 0.25) is 0 Å². The quantitative estimate of drug-likeness (QED) is 0.578. The van der Waals surface area contributed by atoms with Crippen molar-refractivity contribution < 1.29 is 14.8 Å². The van der Waals surface area contributed by atoms with E-state index in [1.165, 1.54) is 25.3 Å². The van der Waals surface area contributed by atoms with Crippen LogP contribution in [0.2, 0.25) is 0 Å². The largest absolute Gasteiger partial charge is 0.481 e. The molecule has 1 aromatic rings. The molecule has 1 N–H and O–H groups in total. The Morgan fingerprint density at radius 1 is 1.71 bits per heavy atom. The van der Waals surface area contributed by atoms with Gasteiger partial charge in [0, 0.05) is 18.3 Å². The van der Waals surface area contributed by atoms with Gasteiger partial charge in [-0.3, -0.25) is 19.9 Å². The Balaban J connectivity index is 3.05. The average molecular weight is 196 g/mol. The van der Waals surface area contributed by atoms with Crippen molar-refractivity contribution in [2.45, 2.75) is 12.8 Å². The zero-order chi connectivity index (χ0) is 10.7. The maximum absolute atomic E-state index is 10.6. The third kappa shape index (κ3) is 2.03. The zero-order valence-electron chi connectivity index (χ0n) is 7.38. The molecule has 1 aromatic heterocycles. The molecule has 0 saturated carbocycles. The van der Waals surface area contributed by atoms with Crippen molar-refractivity contribution in [2.24, 2.45) is 0 Å².